The second-order valence-corrected chi connectivity index (χ2v) is 14.4. The molecule has 58 heavy (non-hydrogen) atoms. The van der Waals surface area contributed by atoms with Crippen LogP contribution in [-0.2, 0) is 0 Å². The largest absolute Gasteiger partial charge is 0.456 e. The lowest BCUT2D eigenvalue weighted by molar-refractivity contribution is 0.669. The molecule has 0 aliphatic carbocycles. The van der Waals surface area contributed by atoms with Gasteiger partial charge in [0.05, 0.1) is 5.69 Å². The number of anilines is 3. The molecule has 5 heteroatoms. The third kappa shape index (κ3) is 5.85. The van der Waals surface area contributed by atoms with Crippen molar-refractivity contribution in [1.82, 2.24) is 15.0 Å². The zero-order valence-electron chi connectivity index (χ0n) is 31.3. The topological polar surface area (TPSA) is 55.1 Å². The van der Waals surface area contributed by atoms with Crippen molar-refractivity contribution in [3.8, 4) is 45.3 Å². The Morgan fingerprint density at radius 1 is 0.345 bits per heavy atom. The van der Waals surface area contributed by atoms with Crippen LogP contribution in [0.15, 0.2) is 211 Å². The van der Waals surface area contributed by atoms with Crippen LogP contribution in [0.4, 0.5) is 17.1 Å². The van der Waals surface area contributed by atoms with Crippen LogP contribution < -0.4 is 4.90 Å². The van der Waals surface area contributed by atoms with E-state index in [1.165, 1.54) is 5.39 Å². The van der Waals surface area contributed by atoms with Crippen molar-refractivity contribution in [2.75, 3.05) is 4.90 Å². The van der Waals surface area contributed by atoms with E-state index in [4.69, 9.17) is 19.4 Å². The lowest BCUT2D eigenvalue weighted by atomic mass is 9.95. The highest BCUT2D eigenvalue weighted by atomic mass is 16.3. The number of benzene rings is 9. The van der Waals surface area contributed by atoms with Crippen molar-refractivity contribution in [3.63, 3.8) is 0 Å². The van der Waals surface area contributed by atoms with Gasteiger partial charge in [0.15, 0.2) is 17.5 Å². The summed E-state index contributed by atoms with van der Waals surface area (Å²) in [5.74, 6) is 1.83. The Morgan fingerprint density at radius 3 is 1.72 bits per heavy atom. The molecule has 11 rings (SSSR count). The van der Waals surface area contributed by atoms with Crippen LogP contribution in [0.2, 0.25) is 0 Å². The van der Waals surface area contributed by atoms with Gasteiger partial charge in [-0.25, -0.2) is 15.0 Å². The summed E-state index contributed by atoms with van der Waals surface area (Å²) in [6.45, 7) is 0. The van der Waals surface area contributed by atoms with Gasteiger partial charge in [0.2, 0.25) is 0 Å². The van der Waals surface area contributed by atoms with Crippen molar-refractivity contribution in [3.05, 3.63) is 206 Å². The van der Waals surface area contributed by atoms with E-state index < -0.39 is 0 Å². The number of nitrogens with zero attached hydrogens (tertiary/aromatic N) is 4. The first-order valence-electron chi connectivity index (χ1n) is 19.4. The van der Waals surface area contributed by atoms with Gasteiger partial charge in [0, 0.05) is 44.2 Å². The molecular weight excluding hydrogens is 709 g/mol. The predicted molar refractivity (Wildman–Crippen MR) is 239 cm³/mol. The summed E-state index contributed by atoms with van der Waals surface area (Å²) in [6, 6.07) is 71.6. The van der Waals surface area contributed by atoms with Gasteiger partial charge in [-0.2, -0.15) is 0 Å². The van der Waals surface area contributed by atoms with E-state index in [-0.39, 0.29) is 0 Å². The Kier molecular flexibility index (Phi) is 8.07. The van der Waals surface area contributed by atoms with E-state index in [0.717, 1.165) is 83.0 Å². The molecule has 0 N–H and O–H groups in total. The van der Waals surface area contributed by atoms with Gasteiger partial charge in [0.1, 0.15) is 11.2 Å². The molecule has 0 spiro atoms. The van der Waals surface area contributed by atoms with Crippen LogP contribution >= 0.6 is 0 Å². The maximum Gasteiger partial charge on any atom is 0.164 e. The summed E-state index contributed by atoms with van der Waals surface area (Å²) in [7, 11) is 0. The summed E-state index contributed by atoms with van der Waals surface area (Å²) >= 11 is 0. The fraction of sp³-hybridized carbons (Fsp3) is 0. The fourth-order valence-electron chi connectivity index (χ4n) is 8.16. The Hall–Kier alpha value is -7.89. The summed E-state index contributed by atoms with van der Waals surface area (Å²) in [6.07, 6.45) is 0. The zero-order chi connectivity index (χ0) is 38.4. The number of hydrogen-bond donors (Lipinski definition) is 0. The molecule has 272 valence electrons. The molecule has 0 aliphatic rings. The molecule has 11 aromatic rings. The standard InChI is InChI=1S/C53H34N4O/c1-4-16-36(17-5-1)51-54-52(39-28-27-35-15-10-11-18-37(35)33-39)56-53(55-51)46-25-14-26-48-50(46)45-30-29-38(34-49(45)58-48)42-31-32-47(44-24-13-12-23-43(42)44)57(40-19-6-2-7-20-40)41-21-8-3-9-22-41/h1-34H. The van der Waals surface area contributed by atoms with Gasteiger partial charge >= 0.3 is 0 Å². The summed E-state index contributed by atoms with van der Waals surface area (Å²) in [5, 5.41) is 6.60. The molecule has 0 aliphatic heterocycles. The van der Waals surface area contributed by atoms with Gasteiger partial charge in [-0.3, -0.25) is 0 Å². The van der Waals surface area contributed by atoms with E-state index in [1.807, 2.05) is 42.5 Å². The monoisotopic (exact) mass is 742 g/mol. The second kappa shape index (κ2) is 14.0. The second-order valence-electron chi connectivity index (χ2n) is 14.4. The molecule has 0 atom stereocenters. The lowest BCUT2D eigenvalue weighted by Crippen LogP contribution is -2.10. The minimum atomic E-state index is 0.595. The van der Waals surface area contributed by atoms with Crippen LogP contribution in [-0.4, -0.2) is 15.0 Å². The molecule has 0 radical (unpaired) electrons. The minimum Gasteiger partial charge on any atom is -0.456 e. The molecule has 0 unspecified atom stereocenters. The minimum absolute atomic E-state index is 0.595. The Balaban J connectivity index is 1.05. The average molecular weight is 743 g/mol. The van der Waals surface area contributed by atoms with Crippen LogP contribution in [0.5, 0.6) is 0 Å². The molecule has 5 nitrogen and oxygen atoms in total. The molecule has 9 aromatic carbocycles. The summed E-state index contributed by atoms with van der Waals surface area (Å²) in [4.78, 5) is 17.6. The number of rotatable bonds is 7. The van der Waals surface area contributed by atoms with E-state index in [9.17, 15) is 0 Å². The van der Waals surface area contributed by atoms with Gasteiger partial charge in [-0.15, -0.1) is 0 Å². The Labute approximate surface area is 335 Å². The van der Waals surface area contributed by atoms with Gasteiger partial charge < -0.3 is 9.32 Å². The van der Waals surface area contributed by atoms with Crippen LogP contribution in [0.3, 0.4) is 0 Å². The molecule has 0 bridgehead atoms. The third-order valence-corrected chi connectivity index (χ3v) is 10.9. The smallest absolute Gasteiger partial charge is 0.164 e. The quantitative estimate of drug-likeness (QED) is 0.163. The maximum absolute atomic E-state index is 6.66. The molecular formula is C53H34N4O. The highest BCUT2D eigenvalue weighted by molar-refractivity contribution is 6.13. The number of fused-ring (bicyclic) bond motifs is 5. The van der Waals surface area contributed by atoms with Gasteiger partial charge in [-0.1, -0.05) is 152 Å². The summed E-state index contributed by atoms with van der Waals surface area (Å²) < 4.78 is 6.66. The maximum atomic E-state index is 6.66. The van der Waals surface area contributed by atoms with E-state index in [1.54, 1.807) is 0 Å². The van der Waals surface area contributed by atoms with Crippen molar-refractivity contribution in [2.45, 2.75) is 0 Å². The third-order valence-electron chi connectivity index (χ3n) is 10.9. The average Bonchev–Trinajstić information content (AvgIpc) is 3.68. The van der Waals surface area contributed by atoms with Crippen molar-refractivity contribution in [2.24, 2.45) is 0 Å². The molecule has 2 aromatic heterocycles. The molecule has 0 saturated carbocycles. The number of aromatic nitrogens is 3. The Bertz CT molecular complexity index is 3250. The number of hydrogen-bond acceptors (Lipinski definition) is 5. The Morgan fingerprint density at radius 2 is 0.966 bits per heavy atom. The highest BCUT2D eigenvalue weighted by Crippen LogP contribution is 2.43. The van der Waals surface area contributed by atoms with Crippen LogP contribution in [0, 0.1) is 0 Å². The van der Waals surface area contributed by atoms with E-state index in [2.05, 4.69) is 169 Å². The highest BCUT2D eigenvalue weighted by Gasteiger charge is 2.20. The van der Waals surface area contributed by atoms with Crippen molar-refractivity contribution < 1.29 is 4.42 Å². The first kappa shape index (κ1) is 33.4. The normalized spacial score (nSPS) is 11.4. The first-order chi connectivity index (χ1) is 28.7. The molecule has 0 amide bonds. The first-order valence-corrected chi connectivity index (χ1v) is 19.4. The summed E-state index contributed by atoms with van der Waals surface area (Å²) in [5.41, 5.74) is 9.85. The van der Waals surface area contributed by atoms with E-state index >= 15 is 0 Å². The van der Waals surface area contributed by atoms with Crippen LogP contribution in [0.1, 0.15) is 0 Å². The fourth-order valence-corrected chi connectivity index (χ4v) is 8.16. The van der Waals surface area contributed by atoms with Crippen molar-refractivity contribution in [1.29, 1.82) is 0 Å². The van der Waals surface area contributed by atoms with E-state index in [0.29, 0.717) is 17.5 Å². The zero-order valence-corrected chi connectivity index (χ0v) is 31.3. The number of para-hydroxylation sites is 2. The predicted octanol–water partition coefficient (Wildman–Crippen LogP) is 14.2. The molecule has 0 fully saturated rings. The molecule has 2 heterocycles. The van der Waals surface area contributed by atoms with Crippen LogP contribution in [0.25, 0.3) is 88.8 Å². The lowest BCUT2D eigenvalue weighted by Gasteiger charge is -2.27. The molecule has 0 saturated heterocycles. The van der Waals surface area contributed by atoms with Gasteiger partial charge in [-0.05, 0) is 81.9 Å². The van der Waals surface area contributed by atoms with Crippen molar-refractivity contribution >= 4 is 60.5 Å². The number of furan rings is 1. The SMILES string of the molecule is c1ccc(-c2nc(-c3ccc4ccccc4c3)nc(-c3cccc4oc5cc(-c6ccc(N(c7ccccc7)c7ccccc7)c7ccccc67)ccc5c34)n2)cc1. The van der Waals surface area contributed by atoms with Gasteiger partial charge in [0.25, 0.3) is 0 Å².